The minimum absolute atomic E-state index is 0.0449. The molecule has 0 aromatic heterocycles. The third-order valence-corrected chi connectivity index (χ3v) is 4.20. The van der Waals surface area contributed by atoms with E-state index in [0.717, 1.165) is 18.4 Å². The van der Waals surface area contributed by atoms with Crippen LogP contribution in [-0.4, -0.2) is 11.9 Å². The lowest BCUT2D eigenvalue weighted by molar-refractivity contribution is -0.123. The minimum atomic E-state index is -0.555. The molecule has 3 heteroatoms. The van der Waals surface area contributed by atoms with Gasteiger partial charge in [-0.15, -0.1) is 0 Å². The fraction of sp³-hybridized carbons (Fsp3) is 0.562. The summed E-state index contributed by atoms with van der Waals surface area (Å²) in [4.78, 5) is 12.2. The molecule has 19 heavy (non-hydrogen) atoms. The van der Waals surface area contributed by atoms with Gasteiger partial charge in [-0.25, -0.2) is 0 Å². The van der Waals surface area contributed by atoms with Crippen LogP contribution >= 0.6 is 0 Å². The van der Waals surface area contributed by atoms with Crippen LogP contribution in [0.5, 0.6) is 0 Å². The van der Waals surface area contributed by atoms with Gasteiger partial charge in [-0.05, 0) is 24.3 Å². The highest BCUT2D eigenvalue weighted by atomic mass is 16.2. The van der Waals surface area contributed by atoms with Crippen molar-refractivity contribution in [1.82, 2.24) is 5.32 Å². The largest absolute Gasteiger partial charge is 0.351 e. The molecule has 1 saturated carbocycles. The zero-order chi connectivity index (χ0) is 13.7. The predicted octanol–water partition coefficient (Wildman–Crippen LogP) is 2.77. The van der Waals surface area contributed by atoms with E-state index in [4.69, 9.17) is 5.73 Å². The summed E-state index contributed by atoms with van der Waals surface area (Å²) in [7, 11) is 0. The average Bonchev–Trinajstić information content (AvgIpc) is 2.48. The van der Waals surface area contributed by atoms with Crippen LogP contribution < -0.4 is 11.1 Å². The molecule has 3 atom stereocenters. The van der Waals surface area contributed by atoms with E-state index in [2.05, 4.69) is 12.2 Å². The molecule has 1 aromatic carbocycles. The number of carbonyl (C=O) groups is 1. The standard InChI is InChI=1S/C16H24N2O/c1-2-12-8-6-7-11-14(12)18-16(19)15(17)13-9-4-3-5-10-13/h3-5,9-10,12,14-15H,2,6-8,11,17H2,1H3,(H,18,19)/t12?,14?,15-/m0/s1. The Morgan fingerprint density at radius 1 is 1.32 bits per heavy atom. The molecule has 3 nitrogen and oxygen atoms in total. The number of nitrogens with two attached hydrogens (primary N) is 1. The SMILES string of the molecule is CCC1CCCCC1NC(=O)[C@@H](N)c1ccccc1. The Hall–Kier alpha value is -1.35. The molecule has 3 N–H and O–H groups in total. The molecule has 0 bridgehead atoms. The number of nitrogens with one attached hydrogen (secondary N) is 1. The normalized spacial score (nSPS) is 24.7. The summed E-state index contributed by atoms with van der Waals surface area (Å²) in [6.45, 7) is 2.20. The third kappa shape index (κ3) is 3.57. The van der Waals surface area contributed by atoms with Crippen LogP contribution in [0.1, 0.15) is 50.6 Å². The van der Waals surface area contributed by atoms with Crippen molar-refractivity contribution in [2.75, 3.05) is 0 Å². The molecule has 1 aliphatic carbocycles. The molecular formula is C16H24N2O. The summed E-state index contributed by atoms with van der Waals surface area (Å²) in [6.07, 6.45) is 5.94. The van der Waals surface area contributed by atoms with Crippen LogP contribution in [0.15, 0.2) is 30.3 Å². The molecule has 0 radical (unpaired) electrons. The molecule has 1 aliphatic rings. The number of carbonyl (C=O) groups excluding carboxylic acids is 1. The molecule has 0 saturated heterocycles. The quantitative estimate of drug-likeness (QED) is 0.874. The van der Waals surface area contributed by atoms with Crippen molar-refractivity contribution in [3.05, 3.63) is 35.9 Å². The van der Waals surface area contributed by atoms with E-state index in [0.29, 0.717) is 12.0 Å². The van der Waals surface area contributed by atoms with E-state index in [9.17, 15) is 4.79 Å². The first-order chi connectivity index (χ1) is 9.22. The molecular weight excluding hydrogens is 236 g/mol. The predicted molar refractivity (Wildman–Crippen MR) is 77.6 cm³/mol. The van der Waals surface area contributed by atoms with Gasteiger partial charge in [-0.1, -0.05) is 56.5 Å². The Kier molecular flexibility index (Phi) is 4.97. The van der Waals surface area contributed by atoms with Crippen LogP contribution in [0.4, 0.5) is 0 Å². The number of hydrogen-bond acceptors (Lipinski definition) is 2. The second-order valence-electron chi connectivity index (χ2n) is 5.46. The fourth-order valence-electron chi connectivity index (χ4n) is 2.97. The Morgan fingerprint density at radius 2 is 2.00 bits per heavy atom. The molecule has 2 unspecified atom stereocenters. The number of hydrogen-bond donors (Lipinski definition) is 2. The molecule has 1 aromatic rings. The van der Waals surface area contributed by atoms with Crippen molar-refractivity contribution in [2.24, 2.45) is 11.7 Å². The highest BCUT2D eigenvalue weighted by molar-refractivity contribution is 5.83. The van der Waals surface area contributed by atoms with Crippen LogP contribution in [-0.2, 0) is 4.79 Å². The van der Waals surface area contributed by atoms with Gasteiger partial charge in [-0.2, -0.15) is 0 Å². The van der Waals surface area contributed by atoms with Crippen molar-refractivity contribution in [3.8, 4) is 0 Å². The lowest BCUT2D eigenvalue weighted by Crippen LogP contribution is -2.45. The summed E-state index contributed by atoms with van der Waals surface area (Å²) in [5.41, 5.74) is 6.91. The molecule has 0 spiro atoms. The summed E-state index contributed by atoms with van der Waals surface area (Å²) < 4.78 is 0. The van der Waals surface area contributed by atoms with Gasteiger partial charge in [0.25, 0.3) is 0 Å². The molecule has 2 rings (SSSR count). The van der Waals surface area contributed by atoms with Crippen molar-refractivity contribution < 1.29 is 4.79 Å². The van der Waals surface area contributed by atoms with Crippen LogP contribution in [0.2, 0.25) is 0 Å². The van der Waals surface area contributed by atoms with E-state index in [-0.39, 0.29) is 5.91 Å². The first-order valence-corrected chi connectivity index (χ1v) is 7.33. The summed E-state index contributed by atoms with van der Waals surface area (Å²) in [5.74, 6) is 0.567. The van der Waals surface area contributed by atoms with Crippen LogP contribution in [0.25, 0.3) is 0 Å². The molecule has 1 amide bonds. The van der Waals surface area contributed by atoms with Gasteiger partial charge in [0, 0.05) is 6.04 Å². The molecule has 1 fully saturated rings. The lowest BCUT2D eigenvalue weighted by Gasteiger charge is -2.32. The smallest absolute Gasteiger partial charge is 0.241 e. The van der Waals surface area contributed by atoms with Gasteiger partial charge in [-0.3, -0.25) is 4.79 Å². The first kappa shape index (κ1) is 14.1. The Morgan fingerprint density at radius 3 is 2.68 bits per heavy atom. The van der Waals surface area contributed by atoms with Crippen LogP contribution in [0, 0.1) is 5.92 Å². The summed E-state index contributed by atoms with van der Waals surface area (Å²) >= 11 is 0. The maximum atomic E-state index is 12.2. The van der Waals surface area contributed by atoms with E-state index < -0.39 is 6.04 Å². The number of rotatable bonds is 4. The van der Waals surface area contributed by atoms with Crippen molar-refractivity contribution in [2.45, 2.75) is 51.1 Å². The summed E-state index contributed by atoms with van der Waals surface area (Å²) in [5, 5.41) is 3.15. The van der Waals surface area contributed by atoms with E-state index in [1.165, 1.54) is 19.3 Å². The zero-order valence-corrected chi connectivity index (χ0v) is 11.6. The minimum Gasteiger partial charge on any atom is -0.351 e. The third-order valence-electron chi connectivity index (χ3n) is 4.20. The highest BCUT2D eigenvalue weighted by Gasteiger charge is 2.27. The van der Waals surface area contributed by atoms with Gasteiger partial charge >= 0.3 is 0 Å². The topological polar surface area (TPSA) is 55.1 Å². The Bertz CT molecular complexity index is 404. The van der Waals surface area contributed by atoms with Gasteiger partial charge in [0.15, 0.2) is 0 Å². The van der Waals surface area contributed by atoms with E-state index in [1.807, 2.05) is 30.3 Å². The van der Waals surface area contributed by atoms with E-state index in [1.54, 1.807) is 0 Å². The average molecular weight is 260 g/mol. The summed E-state index contributed by atoms with van der Waals surface area (Å²) in [6, 6.07) is 9.32. The Labute approximate surface area is 115 Å². The first-order valence-electron chi connectivity index (χ1n) is 7.33. The second-order valence-corrected chi connectivity index (χ2v) is 5.46. The lowest BCUT2D eigenvalue weighted by atomic mass is 9.82. The maximum absolute atomic E-state index is 12.2. The molecule has 0 heterocycles. The van der Waals surface area contributed by atoms with Gasteiger partial charge in [0.05, 0.1) is 0 Å². The van der Waals surface area contributed by atoms with Gasteiger partial charge < -0.3 is 11.1 Å². The molecule has 104 valence electrons. The fourth-order valence-corrected chi connectivity index (χ4v) is 2.97. The monoisotopic (exact) mass is 260 g/mol. The van der Waals surface area contributed by atoms with Crippen LogP contribution in [0.3, 0.4) is 0 Å². The van der Waals surface area contributed by atoms with Crippen molar-refractivity contribution in [3.63, 3.8) is 0 Å². The van der Waals surface area contributed by atoms with Gasteiger partial charge in [0.2, 0.25) is 5.91 Å². The number of benzene rings is 1. The molecule has 0 aliphatic heterocycles. The number of amides is 1. The second kappa shape index (κ2) is 6.71. The Balaban J connectivity index is 1.96. The van der Waals surface area contributed by atoms with Crippen molar-refractivity contribution in [1.29, 1.82) is 0 Å². The highest BCUT2D eigenvalue weighted by Crippen LogP contribution is 2.27. The van der Waals surface area contributed by atoms with Gasteiger partial charge in [0.1, 0.15) is 6.04 Å². The maximum Gasteiger partial charge on any atom is 0.241 e. The zero-order valence-electron chi connectivity index (χ0n) is 11.6. The van der Waals surface area contributed by atoms with Crippen molar-refractivity contribution >= 4 is 5.91 Å². The van der Waals surface area contributed by atoms with E-state index >= 15 is 0 Å².